The van der Waals surface area contributed by atoms with E-state index < -0.39 is 10.0 Å². The largest absolute Gasteiger partial charge is 0.497 e. The molecule has 0 N–H and O–H groups in total. The molecule has 0 radical (unpaired) electrons. The number of fused-ring (bicyclic) bond motifs is 3. The summed E-state index contributed by atoms with van der Waals surface area (Å²) in [6.07, 6.45) is 1.28. The van der Waals surface area contributed by atoms with Crippen molar-refractivity contribution in [1.29, 1.82) is 0 Å². The average molecular weight is 426 g/mol. The highest BCUT2D eigenvalue weighted by Crippen LogP contribution is 2.30. The molecule has 2 aromatic heterocycles. The first kappa shape index (κ1) is 20.1. The SMILES string of the molecule is CCCN(c1nc2ccccc2n2c(CC)nnc12)S(=O)(=O)c1ccc(OC)cc1. The number of rotatable bonds is 7. The van der Waals surface area contributed by atoms with Crippen LogP contribution in [-0.2, 0) is 16.4 Å². The van der Waals surface area contributed by atoms with Crippen molar-refractivity contribution in [3.05, 3.63) is 54.4 Å². The van der Waals surface area contributed by atoms with Crippen LogP contribution in [-0.4, -0.2) is 41.7 Å². The molecule has 0 atom stereocenters. The molecular formula is C21H23N5O3S. The maximum atomic E-state index is 13.6. The Hall–Kier alpha value is -3.20. The second kappa shape index (κ2) is 7.91. The summed E-state index contributed by atoms with van der Waals surface area (Å²) >= 11 is 0. The fourth-order valence-corrected chi connectivity index (χ4v) is 4.95. The smallest absolute Gasteiger partial charge is 0.265 e. The first-order chi connectivity index (χ1) is 14.5. The van der Waals surface area contributed by atoms with Crippen LogP contribution in [0.3, 0.4) is 0 Å². The van der Waals surface area contributed by atoms with E-state index in [0.717, 1.165) is 11.3 Å². The molecule has 8 nitrogen and oxygen atoms in total. The number of benzene rings is 2. The molecule has 0 fully saturated rings. The zero-order valence-electron chi connectivity index (χ0n) is 17.1. The average Bonchev–Trinajstić information content (AvgIpc) is 3.21. The maximum Gasteiger partial charge on any atom is 0.265 e. The minimum atomic E-state index is -3.86. The third-order valence-corrected chi connectivity index (χ3v) is 6.71. The van der Waals surface area contributed by atoms with Crippen LogP contribution in [0.5, 0.6) is 5.75 Å². The number of sulfonamides is 1. The van der Waals surface area contributed by atoms with Gasteiger partial charge in [0.1, 0.15) is 11.6 Å². The molecular weight excluding hydrogens is 402 g/mol. The van der Waals surface area contributed by atoms with Crippen molar-refractivity contribution < 1.29 is 13.2 Å². The van der Waals surface area contributed by atoms with Gasteiger partial charge in [-0.15, -0.1) is 10.2 Å². The van der Waals surface area contributed by atoms with Crippen LogP contribution >= 0.6 is 0 Å². The van der Waals surface area contributed by atoms with E-state index in [1.54, 1.807) is 19.2 Å². The van der Waals surface area contributed by atoms with Crippen molar-refractivity contribution in [2.24, 2.45) is 0 Å². The van der Waals surface area contributed by atoms with E-state index in [9.17, 15) is 8.42 Å². The number of aromatic nitrogens is 4. The molecule has 9 heteroatoms. The lowest BCUT2D eigenvalue weighted by atomic mass is 10.3. The molecule has 2 heterocycles. The Morgan fingerprint density at radius 1 is 1.03 bits per heavy atom. The molecule has 0 saturated heterocycles. The highest BCUT2D eigenvalue weighted by Gasteiger charge is 2.29. The molecule has 0 unspecified atom stereocenters. The second-order valence-corrected chi connectivity index (χ2v) is 8.67. The predicted octanol–water partition coefficient (Wildman–Crippen LogP) is 3.45. The monoisotopic (exact) mass is 425 g/mol. The van der Waals surface area contributed by atoms with E-state index in [-0.39, 0.29) is 17.3 Å². The van der Waals surface area contributed by atoms with Crippen molar-refractivity contribution in [2.75, 3.05) is 18.0 Å². The van der Waals surface area contributed by atoms with Gasteiger partial charge in [0.15, 0.2) is 5.82 Å². The van der Waals surface area contributed by atoms with E-state index in [4.69, 9.17) is 9.72 Å². The van der Waals surface area contributed by atoms with Crippen molar-refractivity contribution in [1.82, 2.24) is 19.6 Å². The molecule has 156 valence electrons. The second-order valence-electron chi connectivity index (χ2n) is 6.81. The molecule has 4 aromatic rings. The lowest BCUT2D eigenvalue weighted by Gasteiger charge is -2.24. The minimum absolute atomic E-state index is 0.167. The first-order valence-corrected chi connectivity index (χ1v) is 11.2. The quantitative estimate of drug-likeness (QED) is 0.450. The number of nitrogens with zero attached hydrogens (tertiary/aromatic N) is 5. The molecule has 0 aliphatic carbocycles. The molecule has 0 amide bonds. The minimum Gasteiger partial charge on any atom is -0.497 e. The van der Waals surface area contributed by atoms with Gasteiger partial charge < -0.3 is 4.74 Å². The Morgan fingerprint density at radius 3 is 2.43 bits per heavy atom. The standard InChI is InChI=1S/C21H23N5O3S/c1-4-14-25(30(27,28)16-12-10-15(29-3)11-13-16)20-21-24-23-19(5-2)26(21)18-9-7-6-8-17(18)22-20/h6-13H,4-5,14H2,1-3H3. The fourth-order valence-electron chi connectivity index (χ4n) is 3.44. The topological polar surface area (TPSA) is 89.7 Å². The molecule has 0 spiro atoms. The summed E-state index contributed by atoms with van der Waals surface area (Å²) in [5.74, 6) is 1.62. The Balaban J connectivity index is 1.97. The summed E-state index contributed by atoms with van der Waals surface area (Å²) in [6.45, 7) is 4.18. The van der Waals surface area contributed by atoms with Gasteiger partial charge in [-0.2, -0.15) is 0 Å². The Bertz CT molecular complexity index is 1300. The van der Waals surface area contributed by atoms with E-state index in [2.05, 4.69) is 10.2 Å². The van der Waals surface area contributed by atoms with E-state index >= 15 is 0 Å². The van der Waals surface area contributed by atoms with Gasteiger partial charge in [-0.1, -0.05) is 26.0 Å². The number of hydrogen-bond acceptors (Lipinski definition) is 6. The molecule has 0 aliphatic heterocycles. The summed E-state index contributed by atoms with van der Waals surface area (Å²) in [6, 6.07) is 13.9. The lowest BCUT2D eigenvalue weighted by Crippen LogP contribution is -2.33. The zero-order chi connectivity index (χ0) is 21.3. The van der Waals surface area contributed by atoms with Crippen LogP contribution in [0.25, 0.3) is 16.7 Å². The number of aryl methyl sites for hydroxylation is 1. The van der Waals surface area contributed by atoms with Gasteiger partial charge in [-0.25, -0.2) is 17.7 Å². The Morgan fingerprint density at radius 2 is 1.77 bits per heavy atom. The van der Waals surface area contributed by atoms with Crippen molar-refractivity contribution >= 4 is 32.5 Å². The number of para-hydroxylation sites is 2. The lowest BCUT2D eigenvalue weighted by molar-refractivity contribution is 0.414. The molecule has 30 heavy (non-hydrogen) atoms. The summed E-state index contributed by atoms with van der Waals surface area (Å²) in [7, 11) is -2.32. The number of ether oxygens (including phenoxy) is 1. The number of hydrogen-bond donors (Lipinski definition) is 0. The predicted molar refractivity (Wildman–Crippen MR) is 115 cm³/mol. The summed E-state index contributed by atoms with van der Waals surface area (Å²) in [5, 5.41) is 8.58. The van der Waals surface area contributed by atoms with Crippen LogP contribution in [0.4, 0.5) is 5.82 Å². The molecule has 0 bridgehead atoms. The molecule has 4 rings (SSSR count). The van der Waals surface area contributed by atoms with E-state index in [0.29, 0.717) is 29.8 Å². The Kier molecular flexibility index (Phi) is 5.29. The van der Waals surface area contributed by atoms with Gasteiger partial charge in [0, 0.05) is 13.0 Å². The van der Waals surface area contributed by atoms with Gasteiger partial charge in [0.2, 0.25) is 5.65 Å². The van der Waals surface area contributed by atoms with Crippen molar-refractivity contribution in [3.63, 3.8) is 0 Å². The molecule has 0 saturated carbocycles. The van der Waals surface area contributed by atoms with E-state index in [1.807, 2.05) is 42.5 Å². The normalized spacial score (nSPS) is 11.8. The first-order valence-electron chi connectivity index (χ1n) is 9.80. The van der Waals surface area contributed by atoms with Crippen LogP contribution < -0.4 is 9.04 Å². The van der Waals surface area contributed by atoms with Gasteiger partial charge in [0.05, 0.1) is 23.0 Å². The summed E-state index contributed by atoms with van der Waals surface area (Å²) < 4.78 is 35.5. The van der Waals surface area contributed by atoms with Crippen LogP contribution in [0, 0.1) is 0 Å². The maximum absolute atomic E-state index is 13.6. The summed E-state index contributed by atoms with van der Waals surface area (Å²) in [5.41, 5.74) is 1.95. The molecule has 0 aliphatic rings. The van der Waals surface area contributed by atoms with Crippen LogP contribution in [0.2, 0.25) is 0 Å². The Labute approximate surface area is 175 Å². The fraction of sp³-hybridized carbons (Fsp3) is 0.286. The third kappa shape index (κ3) is 3.24. The summed E-state index contributed by atoms with van der Waals surface area (Å²) in [4.78, 5) is 4.86. The highest BCUT2D eigenvalue weighted by molar-refractivity contribution is 7.92. The molecule has 2 aromatic carbocycles. The van der Waals surface area contributed by atoms with Crippen LogP contribution in [0.1, 0.15) is 26.1 Å². The van der Waals surface area contributed by atoms with Gasteiger partial charge in [0.25, 0.3) is 10.0 Å². The van der Waals surface area contributed by atoms with Crippen LogP contribution in [0.15, 0.2) is 53.4 Å². The number of methoxy groups -OCH3 is 1. The van der Waals surface area contributed by atoms with Crippen molar-refractivity contribution in [2.45, 2.75) is 31.6 Å². The van der Waals surface area contributed by atoms with Crippen molar-refractivity contribution in [3.8, 4) is 5.75 Å². The van der Waals surface area contributed by atoms with Gasteiger partial charge >= 0.3 is 0 Å². The zero-order valence-corrected chi connectivity index (χ0v) is 17.9. The number of anilines is 1. The highest BCUT2D eigenvalue weighted by atomic mass is 32.2. The van der Waals surface area contributed by atoms with Gasteiger partial charge in [-0.3, -0.25) is 4.40 Å². The van der Waals surface area contributed by atoms with Gasteiger partial charge in [-0.05, 0) is 42.8 Å². The third-order valence-electron chi connectivity index (χ3n) is 4.91. The van der Waals surface area contributed by atoms with E-state index in [1.165, 1.54) is 16.4 Å².